The van der Waals surface area contributed by atoms with Crippen LogP contribution in [-0.2, 0) is 20.0 Å². The highest BCUT2D eigenvalue weighted by molar-refractivity contribution is 6.31. The van der Waals surface area contributed by atoms with Gasteiger partial charge in [0.15, 0.2) is 0 Å². The van der Waals surface area contributed by atoms with Crippen LogP contribution in [0.25, 0.3) is 0 Å². The molecule has 0 aliphatic carbocycles. The molecule has 18 heavy (non-hydrogen) atoms. The fraction of sp³-hybridized carbons (Fsp3) is 0.769. The largest absolute Gasteiger partial charge is 0.396 e. The second-order valence-corrected chi connectivity index (χ2v) is 5.46. The van der Waals surface area contributed by atoms with Crippen molar-refractivity contribution in [3.63, 3.8) is 0 Å². The molecule has 0 bridgehead atoms. The minimum absolute atomic E-state index is 0.320. The van der Waals surface area contributed by atoms with Gasteiger partial charge in [0.2, 0.25) is 0 Å². The summed E-state index contributed by atoms with van der Waals surface area (Å²) in [5, 5.41) is 14.4. The normalized spacial score (nSPS) is 18.4. The van der Waals surface area contributed by atoms with E-state index in [1.54, 1.807) is 0 Å². The third-order valence-electron chi connectivity index (χ3n) is 3.84. The molecule has 4 nitrogen and oxygen atoms in total. The average molecular weight is 272 g/mol. The van der Waals surface area contributed by atoms with Gasteiger partial charge in [0, 0.05) is 20.2 Å². The molecular weight excluding hydrogens is 250 g/mol. The van der Waals surface area contributed by atoms with Crippen LogP contribution in [0.4, 0.5) is 0 Å². The number of aromatic nitrogens is 2. The Morgan fingerprint density at radius 1 is 1.39 bits per heavy atom. The van der Waals surface area contributed by atoms with E-state index in [2.05, 4.69) is 16.9 Å². The van der Waals surface area contributed by atoms with Gasteiger partial charge in [0.05, 0.1) is 16.4 Å². The Hall–Kier alpha value is -0.580. The number of aliphatic hydroxyl groups is 1. The fourth-order valence-electron chi connectivity index (χ4n) is 2.53. The average Bonchev–Trinajstić information content (AvgIpc) is 2.67. The molecule has 0 spiro atoms. The molecule has 1 aliphatic rings. The predicted octanol–water partition coefficient (Wildman–Crippen LogP) is 1.84. The Balaban J connectivity index is 2.00. The quantitative estimate of drug-likeness (QED) is 0.909. The standard InChI is InChI=1S/C13H22ClN3O/c1-3-11-13(14)12(16(2)15-11)8-17-6-4-10(9-18)5-7-17/h10,18H,3-9H2,1-2H3. The maximum atomic E-state index is 9.14. The van der Waals surface area contributed by atoms with Crippen molar-refractivity contribution < 1.29 is 5.11 Å². The highest BCUT2D eigenvalue weighted by Gasteiger charge is 2.21. The molecular formula is C13H22ClN3O. The first-order valence-electron chi connectivity index (χ1n) is 6.69. The molecule has 0 unspecified atom stereocenters. The third kappa shape index (κ3) is 2.87. The smallest absolute Gasteiger partial charge is 0.0863 e. The lowest BCUT2D eigenvalue weighted by Crippen LogP contribution is -2.34. The number of halogens is 1. The van der Waals surface area contributed by atoms with Crippen LogP contribution >= 0.6 is 11.6 Å². The summed E-state index contributed by atoms with van der Waals surface area (Å²) >= 11 is 6.35. The van der Waals surface area contributed by atoms with Crippen molar-refractivity contribution in [2.45, 2.75) is 32.7 Å². The lowest BCUT2D eigenvalue weighted by molar-refractivity contribution is 0.125. The van der Waals surface area contributed by atoms with Crippen molar-refractivity contribution in [3.05, 3.63) is 16.4 Å². The van der Waals surface area contributed by atoms with Gasteiger partial charge < -0.3 is 5.11 Å². The van der Waals surface area contributed by atoms with E-state index in [1.165, 1.54) is 0 Å². The van der Waals surface area contributed by atoms with Gasteiger partial charge in [0.25, 0.3) is 0 Å². The van der Waals surface area contributed by atoms with Crippen LogP contribution in [0, 0.1) is 5.92 Å². The molecule has 5 heteroatoms. The molecule has 0 atom stereocenters. The Labute approximate surface area is 114 Å². The topological polar surface area (TPSA) is 41.3 Å². The van der Waals surface area contributed by atoms with Crippen molar-refractivity contribution in [3.8, 4) is 0 Å². The highest BCUT2D eigenvalue weighted by atomic mass is 35.5. The van der Waals surface area contributed by atoms with E-state index in [1.807, 2.05) is 11.7 Å². The molecule has 0 radical (unpaired) electrons. The summed E-state index contributed by atoms with van der Waals surface area (Å²) in [5.74, 6) is 0.481. The maximum absolute atomic E-state index is 9.14. The van der Waals surface area contributed by atoms with E-state index in [9.17, 15) is 0 Å². The van der Waals surface area contributed by atoms with E-state index < -0.39 is 0 Å². The second-order valence-electron chi connectivity index (χ2n) is 5.09. The van der Waals surface area contributed by atoms with Crippen LogP contribution in [0.15, 0.2) is 0 Å². The number of nitrogens with zero attached hydrogens (tertiary/aromatic N) is 3. The van der Waals surface area contributed by atoms with Gasteiger partial charge in [-0.05, 0) is 38.3 Å². The molecule has 0 aromatic carbocycles. The molecule has 102 valence electrons. The summed E-state index contributed by atoms with van der Waals surface area (Å²) in [4.78, 5) is 2.40. The molecule has 1 aliphatic heterocycles. The zero-order valence-electron chi connectivity index (χ0n) is 11.2. The number of aryl methyl sites for hydroxylation is 2. The van der Waals surface area contributed by atoms with Crippen molar-refractivity contribution in [2.24, 2.45) is 13.0 Å². The van der Waals surface area contributed by atoms with Gasteiger partial charge in [-0.2, -0.15) is 5.10 Å². The zero-order chi connectivity index (χ0) is 13.1. The van der Waals surface area contributed by atoms with Crippen LogP contribution in [0.2, 0.25) is 5.02 Å². The lowest BCUT2D eigenvalue weighted by atomic mass is 9.98. The SMILES string of the molecule is CCc1nn(C)c(CN2CCC(CO)CC2)c1Cl. The highest BCUT2D eigenvalue weighted by Crippen LogP contribution is 2.24. The zero-order valence-corrected chi connectivity index (χ0v) is 11.9. The summed E-state index contributed by atoms with van der Waals surface area (Å²) in [5.41, 5.74) is 2.09. The summed E-state index contributed by atoms with van der Waals surface area (Å²) < 4.78 is 1.90. The van der Waals surface area contributed by atoms with Crippen LogP contribution in [-0.4, -0.2) is 39.5 Å². The number of rotatable bonds is 4. The first-order chi connectivity index (χ1) is 8.65. The molecule has 1 aromatic heterocycles. The minimum Gasteiger partial charge on any atom is -0.396 e. The summed E-state index contributed by atoms with van der Waals surface area (Å²) in [6.07, 6.45) is 3.03. The Morgan fingerprint density at radius 2 is 2.06 bits per heavy atom. The Morgan fingerprint density at radius 3 is 2.56 bits per heavy atom. The molecule has 0 amide bonds. The summed E-state index contributed by atoms with van der Waals surface area (Å²) in [7, 11) is 1.96. The van der Waals surface area contributed by atoms with Gasteiger partial charge in [-0.3, -0.25) is 9.58 Å². The molecule has 1 fully saturated rings. The van der Waals surface area contributed by atoms with Crippen LogP contribution in [0.3, 0.4) is 0 Å². The van der Waals surface area contributed by atoms with Gasteiger partial charge in [0.1, 0.15) is 0 Å². The first-order valence-corrected chi connectivity index (χ1v) is 7.07. The summed E-state index contributed by atoms with van der Waals surface area (Å²) in [6.45, 7) is 5.33. The number of hydrogen-bond acceptors (Lipinski definition) is 3. The number of piperidine rings is 1. The molecule has 1 N–H and O–H groups in total. The molecule has 1 saturated heterocycles. The number of likely N-dealkylation sites (tertiary alicyclic amines) is 1. The second kappa shape index (κ2) is 6.04. The van der Waals surface area contributed by atoms with Gasteiger partial charge in [-0.25, -0.2) is 0 Å². The minimum atomic E-state index is 0.320. The van der Waals surface area contributed by atoms with Crippen molar-refractivity contribution in [1.29, 1.82) is 0 Å². The molecule has 1 aromatic rings. The van der Waals surface area contributed by atoms with Gasteiger partial charge in [-0.1, -0.05) is 18.5 Å². The van der Waals surface area contributed by atoms with E-state index in [0.29, 0.717) is 12.5 Å². The van der Waals surface area contributed by atoms with E-state index in [4.69, 9.17) is 16.7 Å². The summed E-state index contributed by atoms with van der Waals surface area (Å²) in [6, 6.07) is 0. The third-order valence-corrected chi connectivity index (χ3v) is 4.28. The predicted molar refractivity (Wildman–Crippen MR) is 72.7 cm³/mol. The first kappa shape index (κ1) is 13.8. The van der Waals surface area contributed by atoms with Gasteiger partial charge in [-0.15, -0.1) is 0 Å². The fourth-order valence-corrected chi connectivity index (χ4v) is 2.88. The Kier molecular flexibility index (Phi) is 4.65. The van der Waals surface area contributed by atoms with Crippen molar-refractivity contribution >= 4 is 11.6 Å². The Bertz CT molecular complexity index is 397. The number of hydrogen-bond donors (Lipinski definition) is 1. The van der Waals surface area contributed by atoms with Crippen LogP contribution in [0.5, 0.6) is 0 Å². The molecule has 2 heterocycles. The lowest BCUT2D eigenvalue weighted by Gasteiger charge is -2.30. The monoisotopic (exact) mass is 271 g/mol. The van der Waals surface area contributed by atoms with E-state index >= 15 is 0 Å². The van der Waals surface area contributed by atoms with E-state index in [-0.39, 0.29) is 0 Å². The molecule has 0 saturated carbocycles. The van der Waals surface area contributed by atoms with Crippen molar-refractivity contribution in [1.82, 2.24) is 14.7 Å². The van der Waals surface area contributed by atoms with Crippen LogP contribution in [0.1, 0.15) is 31.2 Å². The maximum Gasteiger partial charge on any atom is 0.0863 e. The molecule has 2 rings (SSSR count). The van der Waals surface area contributed by atoms with E-state index in [0.717, 1.165) is 55.3 Å². The number of aliphatic hydroxyl groups excluding tert-OH is 1. The van der Waals surface area contributed by atoms with Crippen molar-refractivity contribution in [2.75, 3.05) is 19.7 Å². The van der Waals surface area contributed by atoms with Crippen LogP contribution < -0.4 is 0 Å². The van der Waals surface area contributed by atoms with Gasteiger partial charge >= 0.3 is 0 Å².